The van der Waals surface area contributed by atoms with Crippen molar-refractivity contribution in [1.82, 2.24) is 10.4 Å². The molecule has 1 saturated carbocycles. The number of piperidine rings is 3. The van der Waals surface area contributed by atoms with E-state index >= 15 is 0 Å². The second-order valence-corrected chi connectivity index (χ2v) is 5.56. The van der Waals surface area contributed by atoms with E-state index in [1.54, 1.807) is 43.8 Å². The third-order valence-corrected chi connectivity index (χ3v) is 4.10. The topological polar surface area (TPSA) is 40.0 Å². The molecule has 0 radical (unpaired) electrons. The summed E-state index contributed by atoms with van der Waals surface area (Å²) in [4.78, 5) is 2.69. The third kappa shape index (κ3) is 2.75. The van der Waals surface area contributed by atoms with Crippen molar-refractivity contribution in [2.24, 2.45) is 28.0 Å². The predicted molar refractivity (Wildman–Crippen MR) is 70.0 cm³/mol. The van der Waals surface area contributed by atoms with Crippen LogP contribution in [0.15, 0.2) is 22.4 Å². The van der Waals surface area contributed by atoms with Gasteiger partial charge in [0.25, 0.3) is 0 Å². The minimum Gasteiger partial charge on any atom is -0.303 e. The zero-order chi connectivity index (χ0) is 11.5. The molecule has 1 N–H and O–H groups in total. The van der Waals surface area contributed by atoms with Crippen molar-refractivity contribution >= 4 is 12.4 Å². The van der Waals surface area contributed by atoms with E-state index in [0.29, 0.717) is 0 Å². The van der Waals surface area contributed by atoms with Gasteiger partial charge in [-0.25, -0.2) is 0 Å². The Morgan fingerprint density at radius 1 is 0.824 bits per heavy atom. The van der Waals surface area contributed by atoms with E-state index in [-0.39, 0.29) is 0 Å². The van der Waals surface area contributed by atoms with E-state index in [1.165, 1.54) is 19.6 Å². The van der Waals surface area contributed by atoms with Gasteiger partial charge in [0.2, 0.25) is 0 Å². The molecule has 4 aliphatic heterocycles. The van der Waals surface area contributed by atoms with Gasteiger partial charge in [-0.3, -0.25) is 0 Å². The van der Waals surface area contributed by atoms with E-state index in [9.17, 15) is 0 Å². The third-order valence-electron chi connectivity index (χ3n) is 4.10. The van der Waals surface area contributed by atoms with Gasteiger partial charge in [-0.2, -0.15) is 15.7 Å². The Balaban J connectivity index is 0.000000115. The monoisotopic (exact) mass is 232 g/mol. The quantitative estimate of drug-likeness (QED) is 0.687. The molecule has 0 atom stereocenters. The van der Waals surface area contributed by atoms with Crippen LogP contribution in [0.25, 0.3) is 0 Å². The zero-order valence-corrected chi connectivity index (χ0v) is 10.1. The summed E-state index contributed by atoms with van der Waals surface area (Å²) in [6, 6.07) is 0. The van der Waals surface area contributed by atoms with E-state index < -0.39 is 0 Å². The fourth-order valence-corrected chi connectivity index (χ4v) is 3.75. The first-order chi connectivity index (χ1) is 8.40. The Bertz CT molecular complexity index is 275. The van der Waals surface area contributed by atoms with Crippen molar-refractivity contribution in [3.8, 4) is 0 Å². The van der Waals surface area contributed by atoms with Crippen LogP contribution in [-0.2, 0) is 0 Å². The number of allylic oxidation sites excluding steroid dienone is 2. The molecule has 0 spiro atoms. The molecule has 5 rings (SSSR count). The highest BCUT2D eigenvalue weighted by Gasteiger charge is 2.40. The smallest absolute Gasteiger partial charge is 0.0489 e. The highest BCUT2D eigenvalue weighted by Crippen LogP contribution is 2.42. The maximum Gasteiger partial charge on any atom is 0.0489 e. The standard InChI is InChI=1S/C9H15N.C4H5N3/c1-7-2-9-3-8(1)5-10(4-7)6-9;1-2-4-6-7-5-3-1/h7-9H,1-6H2;1-4,7H. The number of rotatable bonds is 0. The van der Waals surface area contributed by atoms with Crippen LogP contribution in [-0.4, -0.2) is 37.0 Å². The van der Waals surface area contributed by atoms with E-state index in [2.05, 4.69) is 20.6 Å². The predicted octanol–water partition coefficient (Wildman–Crippen LogP) is 1.47. The molecule has 1 aliphatic carbocycles. The van der Waals surface area contributed by atoms with Crippen molar-refractivity contribution in [3.05, 3.63) is 12.2 Å². The zero-order valence-electron chi connectivity index (χ0n) is 10.1. The second-order valence-electron chi connectivity index (χ2n) is 5.56. The van der Waals surface area contributed by atoms with Gasteiger partial charge >= 0.3 is 0 Å². The molecule has 0 unspecified atom stereocenters. The average Bonchev–Trinajstić information content (AvgIpc) is 2.59. The van der Waals surface area contributed by atoms with E-state index in [0.717, 1.165) is 17.8 Å². The molecule has 3 saturated heterocycles. The lowest BCUT2D eigenvalue weighted by Crippen LogP contribution is -2.53. The molecular formula is C13H20N4. The first-order valence-corrected chi connectivity index (χ1v) is 6.59. The summed E-state index contributed by atoms with van der Waals surface area (Å²) in [5.74, 6) is 3.31. The van der Waals surface area contributed by atoms with Gasteiger partial charge in [0.15, 0.2) is 0 Å². The SMILES string of the molecule is C1=CC=NNN=C1.C1C2CC3CC1CN(C2)C3. The lowest BCUT2D eigenvalue weighted by molar-refractivity contribution is -0.0169. The fourth-order valence-electron chi connectivity index (χ4n) is 3.75. The van der Waals surface area contributed by atoms with Crippen molar-refractivity contribution in [2.75, 3.05) is 19.6 Å². The summed E-state index contributed by atoms with van der Waals surface area (Å²) in [5, 5.41) is 7.22. The molecule has 5 aliphatic rings. The summed E-state index contributed by atoms with van der Waals surface area (Å²) >= 11 is 0. The summed E-state index contributed by atoms with van der Waals surface area (Å²) in [6.07, 6.45) is 11.5. The van der Waals surface area contributed by atoms with E-state index in [1.807, 2.05) is 0 Å². The number of hydrogen-bond donors (Lipinski definition) is 1. The maximum absolute atomic E-state index is 3.61. The molecule has 17 heavy (non-hydrogen) atoms. The van der Waals surface area contributed by atoms with Crippen LogP contribution < -0.4 is 5.53 Å². The summed E-state index contributed by atoms with van der Waals surface area (Å²) in [6.45, 7) is 4.31. The lowest BCUT2D eigenvalue weighted by Gasteiger charge is -2.51. The van der Waals surface area contributed by atoms with Gasteiger partial charge < -0.3 is 4.90 Å². The Morgan fingerprint density at radius 3 is 1.71 bits per heavy atom. The number of hydrazone groups is 2. The van der Waals surface area contributed by atoms with Gasteiger partial charge in [0.05, 0.1) is 0 Å². The fraction of sp³-hybridized carbons (Fsp3) is 0.692. The Labute approximate surface area is 102 Å². The van der Waals surface area contributed by atoms with Crippen molar-refractivity contribution < 1.29 is 0 Å². The minimum absolute atomic E-state index is 1.10. The summed E-state index contributed by atoms with van der Waals surface area (Å²) in [7, 11) is 0. The first kappa shape index (κ1) is 11.0. The van der Waals surface area contributed by atoms with Crippen molar-refractivity contribution in [3.63, 3.8) is 0 Å². The molecule has 4 heteroatoms. The number of hydrogen-bond acceptors (Lipinski definition) is 4. The lowest BCUT2D eigenvalue weighted by atomic mass is 9.68. The summed E-state index contributed by atoms with van der Waals surface area (Å²) < 4.78 is 0. The largest absolute Gasteiger partial charge is 0.303 e. The molecule has 92 valence electrons. The van der Waals surface area contributed by atoms with Crippen LogP contribution in [0.1, 0.15) is 19.3 Å². The molecule has 0 amide bonds. The van der Waals surface area contributed by atoms with Crippen LogP contribution in [0.2, 0.25) is 0 Å². The molecule has 4 fully saturated rings. The van der Waals surface area contributed by atoms with Crippen LogP contribution in [0.3, 0.4) is 0 Å². The highest BCUT2D eigenvalue weighted by molar-refractivity contribution is 5.81. The van der Waals surface area contributed by atoms with Crippen molar-refractivity contribution in [2.45, 2.75) is 19.3 Å². The van der Waals surface area contributed by atoms with Gasteiger partial charge in [-0.15, -0.1) is 0 Å². The van der Waals surface area contributed by atoms with Gasteiger partial charge in [-0.1, -0.05) is 0 Å². The second kappa shape index (κ2) is 5.00. The Kier molecular flexibility index (Phi) is 3.22. The molecular weight excluding hydrogens is 212 g/mol. The molecule has 4 nitrogen and oxygen atoms in total. The van der Waals surface area contributed by atoms with Gasteiger partial charge in [0.1, 0.15) is 0 Å². The molecule has 0 aromatic heterocycles. The molecule has 4 heterocycles. The normalized spacial score (nSPS) is 40.5. The number of nitrogens with zero attached hydrogens (tertiary/aromatic N) is 3. The Hall–Kier alpha value is -1.16. The van der Waals surface area contributed by atoms with Crippen LogP contribution in [0, 0.1) is 17.8 Å². The van der Waals surface area contributed by atoms with Gasteiger partial charge in [-0.05, 0) is 49.2 Å². The maximum atomic E-state index is 3.61. The van der Waals surface area contributed by atoms with Crippen LogP contribution >= 0.6 is 0 Å². The molecule has 0 aromatic rings. The Morgan fingerprint density at radius 2 is 1.29 bits per heavy atom. The van der Waals surface area contributed by atoms with Crippen molar-refractivity contribution in [1.29, 1.82) is 0 Å². The van der Waals surface area contributed by atoms with Crippen LogP contribution in [0.4, 0.5) is 0 Å². The van der Waals surface area contributed by atoms with E-state index in [4.69, 9.17) is 0 Å². The van der Waals surface area contributed by atoms with Crippen LogP contribution in [0.5, 0.6) is 0 Å². The minimum atomic E-state index is 1.10. The van der Waals surface area contributed by atoms with Gasteiger partial charge in [0, 0.05) is 32.1 Å². The summed E-state index contributed by atoms with van der Waals surface area (Å²) in [5.41, 5.74) is 2.42. The molecule has 0 aromatic carbocycles. The average molecular weight is 232 g/mol. The first-order valence-electron chi connectivity index (χ1n) is 6.59. The highest BCUT2D eigenvalue weighted by atomic mass is 15.5. The molecule has 4 bridgehead atoms. The number of nitrogens with one attached hydrogen (secondary N) is 1.